The third kappa shape index (κ3) is 4.88. The number of hydrogen-bond acceptors (Lipinski definition) is 4. The Bertz CT molecular complexity index is 349. The lowest BCUT2D eigenvalue weighted by atomic mass is 10.3. The minimum Gasteiger partial charge on any atom is -0.468 e. The molecule has 0 saturated carbocycles. The fourth-order valence-corrected chi connectivity index (χ4v) is 1.37. The largest absolute Gasteiger partial charge is 0.468 e. The van der Waals surface area contributed by atoms with Crippen molar-refractivity contribution < 1.29 is 9.21 Å². The molecule has 1 heterocycles. The van der Waals surface area contributed by atoms with E-state index in [0.29, 0.717) is 5.75 Å². The molecule has 2 amide bonds. The summed E-state index contributed by atoms with van der Waals surface area (Å²) in [5.41, 5.74) is 3.28. The Kier molecular flexibility index (Phi) is 5.49. The SMILES string of the molecule is CC/C(C)=N/NC(=O)NSCc1ccco1. The van der Waals surface area contributed by atoms with E-state index in [1.165, 1.54) is 11.9 Å². The third-order valence-corrected chi connectivity index (χ3v) is 2.58. The molecule has 0 aliphatic carbocycles. The summed E-state index contributed by atoms with van der Waals surface area (Å²) in [4.78, 5) is 11.2. The Morgan fingerprint density at radius 3 is 3.06 bits per heavy atom. The van der Waals surface area contributed by atoms with Gasteiger partial charge in [-0.25, -0.2) is 10.2 Å². The number of nitrogens with zero attached hydrogens (tertiary/aromatic N) is 1. The first-order chi connectivity index (χ1) is 7.72. The number of amides is 2. The van der Waals surface area contributed by atoms with E-state index in [9.17, 15) is 4.79 Å². The van der Waals surface area contributed by atoms with Crippen LogP contribution in [0.1, 0.15) is 26.0 Å². The van der Waals surface area contributed by atoms with Crippen molar-refractivity contribution in [3.8, 4) is 0 Å². The molecule has 2 N–H and O–H groups in total. The maximum absolute atomic E-state index is 11.2. The van der Waals surface area contributed by atoms with Gasteiger partial charge in [0.05, 0.1) is 12.0 Å². The standard InChI is InChI=1S/C10H15N3O2S/c1-3-8(2)11-12-10(14)13-16-7-9-5-4-6-15-9/h4-6H,3,7H2,1-2H3,(H2,12,13,14)/b11-8+. The molecular weight excluding hydrogens is 226 g/mol. The first kappa shape index (κ1) is 12.6. The van der Waals surface area contributed by atoms with Crippen LogP contribution in [0.3, 0.4) is 0 Å². The third-order valence-electron chi connectivity index (χ3n) is 1.82. The maximum Gasteiger partial charge on any atom is 0.345 e. The van der Waals surface area contributed by atoms with Gasteiger partial charge < -0.3 is 4.42 Å². The van der Waals surface area contributed by atoms with Crippen LogP contribution in [-0.2, 0) is 5.75 Å². The number of hydrogen-bond donors (Lipinski definition) is 2. The van der Waals surface area contributed by atoms with Crippen LogP contribution in [0.2, 0.25) is 0 Å². The first-order valence-electron chi connectivity index (χ1n) is 4.95. The number of carbonyl (C=O) groups is 1. The monoisotopic (exact) mass is 241 g/mol. The van der Waals surface area contributed by atoms with Crippen molar-refractivity contribution in [2.24, 2.45) is 5.10 Å². The Labute approximate surface area is 98.8 Å². The summed E-state index contributed by atoms with van der Waals surface area (Å²) in [5.74, 6) is 1.41. The van der Waals surface area contributed by atoms with Gasteiger partial charge in [-0.15, -0.1) is 0 Å². The number of urea groups is 1. The van der Waals surface area contributed by atoms with Gasteiger partial charge in [-0.1, -0.05) is 6.92 Å². The predicted molar refractivity (Wildman–Crippen MR) is 65.1 cm³/mol. The zero-order valence-corrected chi connectivity index (χ0v) is 10.1. The molecule has 0 unspecified atom stereocenters. The maximum atomic E-state index is 11.2. The van der Waals surface area contributed by atoms with Gasteiger partial charge in [-0.3, -0.25) is 4.72 Å². The zero-order valence-electron chi connectivity index (χ0n) is 9.32. The number of furan rings is 1. The van der Waals surface area contributed by atoms with Crippen molar-refractivity contribution >= 4 is 23.7 Å². The molecule has 0 spiro atoms. The van der Waals surface area contributed by atoms with Gasteiger partial charge >= 0.3 is 6.03 Å². The van der Waals surface area contributed by atoms with Gasteiger partial charge in [0.15, 0.2) is 0 Å². The van der Waals surface area contributed by atoms with Crippen LogP contribution in [0.5, 0.6) is 0 Å². The number of rotatable bonds is 5. The van der Waals surface area contributed by atoms with Gasteiger partial charge in [0.1, 0.15) is 5.76 Å². The smallest absolute Gasteiger partial charge is 0.345 e. The minimum absolute atomic E-state index is 0.329. The van der Waals surface area contributed by atoms with E-state index in [4.69, 9.17) is 4.42 Å². The second-order valence-corrected chi connectivity index (χ2v) is 3.89. The Balaban J connectivity index is 2.16. The fraction of sp³-hybridized carbons (Fsp3) is 0.400. The highest BCUT2D eigenvalue weighted by Gasteiger charge is 2.00. The van der Waals surface area contributed by atoms with Gasteiger partial charge in [0.25, 0.3) is 0 Å². The van der Waals surface area contributed by atoms with Crippen LogP contribution in [0.25, 0.3) is 0 Å². The van der Waals surface area contributed by atoms with Crippen molar-refractivity contribution in [2.45, 2.75) is 26.0 Å². The van der Waals surface area contributed by atoms with Crippen LogP contribution in [0.4, 0.5) is 4.79 Å². The molecule has 0 aliphatic heterocycles. The molecule has 0 bridgehead atoms. The van der Waals surface area contributed by atoms with Crippen molar-refractivity contribution in [2.75, 3.05) is 0 Å². The summed E-state index contributed by atoms with van der Waals surface area (Å²) in [5, 5.41) is 3.88. The first-order valence-corrected chi connectivity index (χ1v) is 5.94. The highest BCUT2D eigenvalue weighted by Crippen LogP contribution is 2.08. The molecular formula is C10H15N3O2S. The molecule has 0 radical (unpaired) electrons. The molecule has 1 aromatic rings. The molecule has 0 aliphatic rings. The van der Waals surface area contributed by atoms with E-state index in [1.807, 2.05) is 26.0 Å². The average Bonchev–Trinajstić information content (AvgIpc) is 2.79. The average molecular weight is 241 g/mol. The van der Waals surface area contributed by atoms with Crippen LogP contribution in [-0.4, -0.2) is 11.7 Å². The van der Waals surface area contributed by atoms with E-state index < -0.39 is 0 Å². The molecule has 88 valence electrons. The van der Waals surface area contributed by atoms with Crippen molar-refractivity contribution in [1.82, 2.24) is 10.1 Å². The topological polar surface area (TPSA) is 66.6 Å². The van der Waals surface area contributed by atoms with Crippen molar-refractivity contribution in [3.63, 3.8) is 0 Å². The number of carbonyl (C=O) groups excluding carboxylic acids is 1. The number of nitrogens with one attached hydrogen (secondary N) is 2. The molecule has 0 saturated heterocycles. The predicted octanol–water partition coefficient (Wildman–Crippen LogP) is 2.51. The van der Waals surface area contributed by atoms with Crippen LogP contribution >= 0.6 is 11.9 Å². The number of hydrazone groups is 1. The molecule has 5 nitrogen and oxygen atoms in total. The summed E-state index contributed by atoms with van der Waals surface area (Å²) < 4.78 is 7.71. The van der Waals surface area contributed by atoms with Crippen LogP contribution < -0.4 is 10.1 Å². The molecule has 0 fully saturated rings. The van der Waals surface area contributed by atoms with E-state index in [0.717, 1.165) is 17.9 Å². The summed E-state index contributed by atoms with van der Waals surface area (Å²) in [7, 11) is 0. The Morgan fingerprint density at radius 1 is 1.62 bits per heavy atom. The van der Waals surface area contributed by atoms with Gasteiger partial charge in [0, 0.05) is 5.71 Å². The molecule has 1 aromatic heterocycles. The molecule has 16 heavy (non-hydrogen) atoms. The summed E-state index contributed by atoms with van der Waals surface area (Å²) in [6.45, 7) is 3.83. The summed E-state index contributed by atoms with van der Waals surface area (Å²) >= 11 is 1.25. The lowest BCUT2D eigenvalue weighted by Gasteiger charge is -2.02. The summed E-state index contributed by atoms with van der Waals surface area (Å²) in [6.07, 6.45) is 2.42. The van der Waals surface area contributed by atoms with Gasteiger partial charge in [-0.2, -0.15) is 5.10 Å². The normalized spacial score (nSPS) is 11.2. The lowest BCUT2D eigenvalue weighted by molar-refractivity contribution is 0.247. The van der Waals surface area contributed by atoms with E-state index in [1.54, 1.807) is 6.26 Å². The van der Waals surface area contributed by atoms with Crippen molar-refractivity contribution in [1.29, 1.82) is 0 Å². The van der Waals surface area contributed by atoms with E-state index in [2.05, 4.69) is 15.2 Å². The van der Waals surface area contributed by atoms with E-state index >= 15 is 0 Å². The lowest BCUT2D eigenvalue weighted by Crippen LogP contribution is -2.28. The fourth-order valence-electron chi connectivity index (χ4n) is 0.816. The molecule has 0 aromatic carbocycles. The molecule has 6 heteroatoms. The van der Waals surface area contributed by atoms with Gasteiger partial charge in [-0.05, 0) is 37.4 Å². The van der Waals surface area contributed by atoms with Gasteiger partial charge in [0.2, 0.25) is 0 Å². The highest BCUT2D eigenvalue weighted by molar-refractivity contribution is 7.97. The summed E-state index contributed by atoms with van der Waals surface area (Å²) in [6, 6.07) is 3.33. The van der Waals surface area contributed by atoms with E-state index in [-0.39, 0.29) is 6.03 Å². The second kappa shape index (κ2) is 6.95. The highest BCUT2D eigenvalue weighted by atomic mass is 32.2. The van der Waals surface area contributed by atoms with Crippen LogP contribution in [0, 0.1) is 0 Å². The second-order valence-electron chi connectivity index (χ2n) is 3.11. The molecule has 1 rings (SSSR count). The zero-order chi connectivity index (χ0) is 11.8. The minimum atomic E-state index is -0.329. The van der Waals surface area contributed by atoms with Crippen LogP contribution in [0.15, 0.2) is 27.9 Å². The quantitative estimate of drug-likeness (QED) is 0.473. The Morgan fingerprint density at radius 2 is 2.44 bits per heavy atom. The Hall–Kier alpha value is -1.43. The van der Waals surface area contributed by atoms with Crippen molar-refractivity contribution in [3.05, 3.63) is 24.2 Å². The molecule has 0 atom stereocenters.